The van der Waals surface area contributed by atoms with Gasteiger partial charge in [0.1, 0.15) is 5.00 Å². The number of carbonyl (C=O) groups is 3. The predicted octanol–water partition coefficient (Wildman–Crippen LogP) is 4.23. The van der Waals surface area contributed by atoms with E-state index in [0.717, 1.165) is 11.1 Å². The Balaban J connectivity index is 2.05. The van der Waals surface area contributed by atoms with Gasteiger partial charge in [-0.15, -0.1) is 11.3 Å². The van der Waals surface area contributed by atoms with E-state index in [1.54, 1.807) is 25.1 Å². The minimum Gasteiger partial charge on any atom is -0.462 e. The van der Waals surface area contributed by atoms with Crippen LogP contribution >= 0.6 is 11.3 Å². The highest BCUT2D eigenvalue weighted by Gasteiger charge is 2.22. The van der Waals surface area contributed by atoms with Crippen molar-refractivity contribution in [2.75, 3.05) is 18.5 Å². The molecule has 1 amide bonds. The van der Waals surface area contributed by atoms with E-state index >= 15 is 0 Å². The number of ether oxygens (including phenoxy) is 2. The first-order valence-electron chi connectivity index (χ1n) is 9.13. The lowest BCUT2D eigenvalue weighted by atomic mass is 10.0. The Morgan fingerprint density at radius 2 is 1.89 bits per heavy atom. The highest BCUT2D eigenvalue weighted by atomic mass is 32.1. The molecule has 0 saturated carbocycles. The molecular weight excluding hydrogens is 378 g/mol. The van der Waals surface area contributed by atoms with Crippen LogP contribution in [0.4, 0.5) is 5.00 Å². The lowest BCUT2D eigenvalue weighted by Crippen LogP contribution is -2.22. The molecule has 0 saturated heterocycles. The van der Waals surface area contributed by atoms with Gasteiger partial charge in [0.25, 0.3) is 5.91 Å². The first kappa shape index (κ1) is 21.6. The lowest BCUT2D eigenvalue weighted by Gasteiger charge is -2.10. The topological polar surface area (TPSA) is 81.7 Å². The molecule has 0 aliphatic rings. The summed E-state index contributed by atoms with van der Waals surface area (Å²) >= 11 is 1.26. The third-order valence-corrected chi connectivity index (χ3v) is 4.76. The number of hydrogen-bond donors (Lipinski definition) is 1. The van der Waals surface area contributed by atoms with E-state index < -0.39 is 24.5 Å². The standard InChI is InChI=1S/C21H25NO5S/c1-5-26-21(25)18-16(9-13(2)3)12-28-19(18)22-17(23)11-27-20(24)15-8-6-7-14(4)10-15/h6-8,10,12-13H,5,9,11H2,1-4H3,(H,22,23). The molecule has 0 aliphatic heterocycles. The summed E-state index contributed by atoms with van der Waals surface area (Å²) in [5, 5.41) is 4.92. The Morgan fingerprint density at radius 1 is 1.14 bits per heavy atom. The summed E-state index contributed by atoms with van der Waals surface area (Å²) in [7, 11) is 0. The van der Waals surface area contributed by atoms with Gasteiger partial charge in [0, 0.05) is 0 Å². The van der Waals surface area contributed by atoms with Crippen LogP contribution in [0.25, 0.3) is 0 Å². The molecule has 0 aliphatic carbocycles. The van der Waals surface area contributed by atoms with Crippen molar-refractivity contribution >= 4 is 34.2 Å². The maximum atomic E-state index is 12.3. The van der Waals surface area contributed by atoms with Crippen molar-refractivity contribution in [2.45, 2.75) is 34.1 Å². The Kier molecular flexibility index (Phi) is 7.75. The monoisotopic (exact) mass is 403 g/mol. The van der Waals surface area contributed by atoms with Crippen LogP contribution < -0.4 is 5.32 Å². The summed E-state index contributed by atoms with van der Waals surface area (Å²) in [4.78, 5) is 36.7. The van der Waals surface area contributed by atoms with Crippen LogP contribution in [0.5, 0.6) is 0 Å². The molecule has 0 radical (unpaired) electrons. The van der Waals surface area contributed by atoms with Crippen LogP contribution in [0, 0.1) is 12.8 Å². The van der Waals surface area contributed by atoms with Gasteiger partial charge in [-0.1, -0.05) is 31.5 Å². The van der Waals surface area contributed by atoms with Gasteiger partial charge in [0.15, 0.2) is 6.61 Å². The second-order valence-corrected chi connectivity index (χ2v) is 7.66. The first-order valence-corrected chi connectivity index (χ1v) is 10.0. The highest BCUT2D eigenvalue weighted by Crippen LogP contribution is 2.31. The third kappa shape index (κ3) is 5.92. The molecule has 1 aromatic carbocycles. The predicted molar refractivity (Wildman–Crippen MR) is 109 cm³/mol. The van der Waals surface area contributed by atoms with Crippen LogP contribution in [-0.2, 0) is 20.7 Å². The molecule has 1 N–H and O–H groups in total. The second kappa shape index (κ2) is 10.0. The summed E-state index contributed by atoms with van der Waals surface area (Å²) in [6.45, 7) is 7.51. The molecule has 0 spiro atoms. The molecule has 6 nitrogen and oxygen atoms in total. The van der Waals surface area contributed by atoms with Gasteiger partial charge in [-0.2, -0.15) is 0 Å². The molecule has 0 fully saturated rings. The smallest absolute Gasteiger partial charge is 0.341 e. The number of aryl methyl sites for hydroxylation is 1. The van der Waals surface area contributed by atoms with Crippen LogP contribution in [0.1, 0.15) is 52.6 Å². The normalized spacial score (nSPS) is 10.6. The largest absolute Gasteiger partial charge is 0.462 e. The number of amides is 1. The van der Waals surface area contributed by atoms with Crippen molar-refractivity contribution in [1.82, 2.24) is 0 Å². The van der Waals surface area contributed by atoms with Crippen molar-refractivity contribution < 1.29 is 23.9 Å². The van der Waals surface area contributed by atoms with E-state index in [9.17, 15) is 14.4 Å². The molecular formula is C21H25NO5S. The van der Waals surface area contributed by atoms with Gasteiger partial charge in [-0.25, -0.2) is 9.59 Å². The van der Waals surface area contributed by atoms with E-state index in [0.29, 0.717) is 28.5 Å². The van der Waals surface area contributed by atoms with Crippen LogP contribution in [0.2, 0.25) is 0 Å². The Bertz CT molecular complexity index is 856. The molecule has 150 valence electrons. The van der Waals surface area contributed by atoms with Gasteiger partial charge in [0.2, 0.25) is 0 Å². The van der Waals surface area contributed by atoms with Gasteiger partial charge < -0.3 is 14.8 Å². The van der Waals surface area contributed by atoms with Crippen LogP contribution in [-0.4, -0.2) is 31.1 Å². The van der Waals surface area contributed by atoms with Crippen molar-refractivity contribution in [3.05, 3.63) is 51.9 Å². The average Bonchev–Trinajstić information content (AvgIpc) is 3.01. The zero-order chi connectivity index (χ0) is 20.7. The molecule has 7 heteroatoms. The van der Waals surface area contributed by atoms with Gasteiger partial charge in [-0.3, -0.25) is 4.79 Å². The fourth-order valence-corrected chi connectivity index (χ4v) is 3.63. The fourth-order valence-electron chi connectivity index (χ4n) is 2.65. The van der Waals surface area contributed by atoms with Gasteiger partial charge >= 0.3 is 11.9 Å². The molecule has 0 unspecified atom stereocenters. The second-order valence-electron chi connectivity index (χ2n) is 6.78. The summed E-state index contributed by atoms with van der Waals surface area (Å²) in [5.41, 5.74) is 2.52. The van der Waals surface area contributed by atoms with Crippen LogP contribution in [0.3, 0.4) is 0 Å². The molecule has 2 rings (SSSR count). The maximum Gasteiger partial charge on any atom is 0.341 e. The number of carbonyl (C=O) groups excluding carboxylic acids is 3. The fraction of sp³-hybridized carbons (Fsp3) is 0.381. The molecule has 2 aromatic rings. The van der Waals surface area contributed by atoms with Crippen molar-refractivity contribution in [2.24, 2.45) is 5.92 Å². The molecule has 1 heterocycles. The van der Waals surface area contributed by atoms with E-state index in [1.165, 1.54) is 11.3 Å². The van der Waals surface area contributed by atoms with Crippen LogP contribution in [0.15, 0.2) is 29.6 Å². The lowest BCUT2D eigenvalue weighted by molar-refractivity contribution is -0.119. The third-order valence-electron chi connectivity index (χ3n) is 3.82. The van der Waals surface area contributed by atoms with Gasteiger partial charge in [-0.05, 0) is 49.3 Å². The van der Waals surface area contributed by atoms with E-state index in [-0.39, 0.29) is 6.61 Å². The maximum absolute atomic E-state index is 12.3. The molecule has 0 atom stereocenters. The van der Waals surface area contributed by atoms with E-state index in [1.807, 2.05) is 18.4 Å². The summed E-state index contributed by atoms with van der Waals surface area (Å²) in [6, 6.07) is 6.94. The number of benzene rings is 1. The van der Waals surface area contributed by atoms with Crippen molar-refractivity contribution in [3.63, 3.8) is 0 Å². The number of esters is 2. The first-order chi connectivity index (χ1) is 13.3. The number of hydrogen-bond acceptors (Lipinski definition) is 6. The minimum atomic E-state index is -0.573. The van der Waals surface area contributed by atoms with Gasteiger partial charge in [0.05, 0.1) is 17.7 Å². The number of rotatable bonds is 8. The molecule has 0 bridgehead atoms. The minimum absolute atomic E-state index is 0.247. The zero-order valence-corrected chi connectivity index (χ0v) is 17.4. The Morgan fingerprint density at radius 3 is 2.54 bits per heavy atom. The zero-order valence-electron chi connectivity index (χ0n) is 16.5. The average molecular weight is 404 g/mol. The van der Waals surface area contributed by atoms with Crippen molar-refractivity contribution in [3.8, 4) is 0 Å². The van der Waals surface area contributed by atoms with E-state index in [4.69, 9.17) is 9.47 Å². The van der Waals surface area contributed by atoms with E-state index in [2.05, 4.69) is 19.2 Å². The highest BCUT2D eigenvalue weighted by molar-refractivity contribution is 7.15. The number of nitrogens with one attached hydrogen (secondary N) is 1. The number of thiophene rings is 1. The molecule has 28 heavy (non-hydrogen) atoms. The SMILES string of the molecule is CCOC(=O)c1c(CC(C)C)csc1NC(=O)COC(=O)c1cccc(C)c1. The number of anilines is 1. The quantitative estimate of drug-likeness (QED) is 0.667. The van der Waals surface area contributed by atoms with Crippen molar-refractivity contribution in [1.29, 1.82) is 0 Å². The summed E-state index contributed by atoms with van der Waals surface area (Å²) < 4.78 is 10.2. The molecule has 1 aromatic heterocycles. The Labute approximate surface area is 168 Å². The summed E-state index contributed by atoms with van der Waals surface area (Å²) in [5.74, 6) is -1.20. The summed E-state index contributed by atoms with van der Waals surface area (Å²) in [6.07, 6.45) is 0.697. The Hall–Kier alpha value is -2.67.